The lowest BCUT2D eigenvalue weighted by Crippen LogP contribution is -2.22. The van der Waals surface area contributed by atoms with E-state index in [1.54, 1.807) is 20.2 Å². The fraction of sp³-hybridized carbons (Fsp3) is 0.556. The molecule has 1 aliphatic carbocycles. The molecule has 0 amide bonds. The molecule has 74 valence electrons. The van der Waals surface area contributed by atoms with Gasteiger partial charge in [0.15, 0.2) is 0 Å². The van der Waals surface area contributed by atoms with E-state index in [4.69, 9.17) is 0 Å². The molecule has 0 N–H and O–H groups in total. The van der Waals surface area contributed by atoms with Gasteiger partial charge in [-0.3, -0.25) is 0 Å². The lowest BCUT2D eigenvalue weighted by molar-refractivity contribution is -0.0957. The number of nitrogens with zero attached hydrogens (tertiary/aromatic N) is 1. The van der Waals surface area contributed by atoms with Crippen LogP contribution in [0.3, 0.4) is 0 Å². The summed E-state index contributed by atoms with van der Waals surface area (Å²) in [5.41, 5.74) is -0.140. The van der Waals surface area contributed by atoms with Gasteiger partial charge in [0, 0.05) is 19.8 Å². The average molecular weight is 191 g/mol. The molecule has 0 bridgehead atoms. The van der Waals surface area contributed by atoms with Gasteiger partial charge in [-0.25, -0.2) is 0 Å². The molecule has 4 heteroatoms. The van der Waals surface area contributed by atoms with Gasteiger partial charge in [0.05, 0.1) is 5.57 Å². The van der Waals surface area contributed by atoms with Crippen molar-refractivity contribution in [1.82, 2.24) is 4.90 Å². The van der Waals surface area contributed by atoms with Crippen LogP contribution in [0.25, 0.3) is 0 Å². The third-order valence-electron chi connectivity index (χ3n) is 1.97. The molecule has 1 rings (SSSR count). The van der Waals surface area contributed by atoms with Crippen molar-refractivity contribution in [2.24, 2.45) is 0 Å². The van der Waals surface area contributed by atoms with Crippen molar-refractivity contribution in [3.63, 3.8) is 0 Å². The standard InChI is InChI=1S/C9H12F3N/c1-13(2)8-6-4-3-5-7(8)9(10,11)12/h4,6H,3,5H2,1-2H3. The Balaban J connectivity index is 3.05. The van der Waals surface area contributed by atoms with Gasteiger partial charge in [-0.2, -0.15) is 13.2 Å². The number of hydrogen-bond acceptors (Lipinski definition) is 1. The second-order valence-electron chi connectivity index (χ2n) is 3.20. The largest absolute Gasteiger partial charge is 0.414 e. The molecule has 1 aliphatic rings. The van der Waals surface area contributed by atoms with E-state index in [9.17, 15) is 13.2 Å². The SMILES string of the molecule is CN(C)C1=C(C(F)(F)F)CCC=C1. The molecule has 0 spiro atoms. The minimum Gasteiger partial charge on any atom is -0.377 e. The number of rotatable bonds is 1. The maximum Gasteiger partial charge on any atom is 0.414 e. The summed E-state index contributed by atoms with van der Waals surface area (Å²) >= 11 is 0. The van der Waals surface area contributed by atoms with Gasteiger partial charge in [0.1, 0.15) is 0 Å². The molecule has 0 aromatic rings. The molecule has 0 atom stereocenters. The molecule has 0 unspecified atom stereocenters. The summed E-state index contributed by atoms with van der Waals surface area (Å²) in [6.45, 7) is 0. The van der Waals surface area contributed by atoms with Gasteiger partial charge in [-0.15, -0.1) is 0 Å². The second-order valence-corrected chi connectivity index (χ2v) is 3.20. The smallest absolute Gasteiger partial charge is 0.377 e. The van der Waals surface area contributed by atoms with Crippen LogP contribution in [0.1, 0.15) is 12.8 Å². The normalized spacial score (nSPS) is 17.9. The van der Waals surface area contributed by atoms with E-state index in [2.05, 4.69) is 0 Å². The van der Waals surface area contributed by atoms with Crippen LogP contribution in [0.4, 0.5) is 13.2 Å². The first-order chi connectivity index (χ1) is 5.93. The van der Waals surface area contributed by atoms with Gasteiger partial charge in [0.2, 0.25) is 0 Å². The van der Waals surface area contributed by atoms with Crippen molar-refractivity contribution in [2.75, 3.05) is 14.1 Å². The first kappa shape index (κ1) is 10.2. The zero-order valence-corrected chi connectivity index (χ0v) is 7.65. The van der Waals surface area contributed by atoms with E-state index in [0.29, 0.717) is 6.42 Å². The molecule has 0 aliphatic heterocycles. The van der Waals surface area contributed by atoms with E-state index in [-0.39, 0.29) is 12.1 Å². The molecule has 1 nitrogen and oxygen atoms in total. The highest BCUT2D eigenvalue weighted by molar-refractivity contribution is 5.30. The number of halogens is 3. The van der Waals surface area contributed by atoms with Crippen LogP contribution >= 0.6 is 0 Å². The first-order valence-corrected chi connectivity index (χ1v) is 4.07. The summed E-state index contributed by atoms with van der Waals surface area (Å²) in [5.74, 6) is 0. The molecule has 0 radical (unpaired) electrons. The topological polar surface area (TPSA) is 3.24 Å². The van der Waals surface area contributed by atoms with Crippen molar-refractivity contribution in [2.45, 2.75) is 19.0 Å². The summed E-state index contributed by atoms with van der Waals surface area (Å²) < 4.78 is 37.3. The van der Waals surface area contributed by atoms with Crippen LogP contribution in [-0.4, -0.2) is 25.2 Å². The first-order valence-electron chi connectivity index (χ1n) is 4.07. The highest BCUT2D eigenvalue weighted by Gasteiger charge is 2.36. The predicted molar refractivity (Wildman–Crippen MR) is 45.1 cm³/mol. The van der Waals surface area contributed by atoms with Crippen molar-refractivity contribution >= 4 is 0 Å². The fourth-order valence-corrected chi connectivity index (χ4v) is 1.36. The zero-order chi connectivity index (χ0) is 10.1. The Bertz CT molecular complexity index is 248. The minimum atomic E-state index is -4.19. The molecule has 0 aromatic heterocycles. The number of likely N-dealkylation sites (N-methyl/N-ethyl adjacent to an activating group) is 1. The zero-order valence-electron chi connectivity index (χ0n) is 7.65. The molecular weight excluding hydrogens is 179 g/mol. The Labute approximate surface area is 75.5 Å². The number of hydrogen-bond donors (Lipinski definition) is 0. The second kappa shape index (κ2) is 3.44. The molecule has 0 saturated heterocycles. The van der Waals surface area contributed by atoms with Crippen LogP contribution < -0.4 is 0 Å². The Morgan fingerprint density at radius 2 is 1.92 bits per heavy atom. The van der Waals surface area contributed by atoms with Crippen molar-refractivity contribution in [1.29, 1.82) is 0 Å². The van der Waals surface area contributed by atoms with E-state index in [0.717, 1.165) is 0 Å². The highest BCUT2D eigenvalue weighted by Crippen LogP contribution is 2.34. The molecule has 0 aromatic carbocycles. The van der Waals surface area contributed by atoms with Crippen LogP contribution in [0.2, 0.25) is 0 Å². The van der Waals surface area contributed by atoms with Gasteiger partial charge >= 0.3 is 6.18 Å². The summed E-state index contributed by atoms with van der Waals surface area (Å²) in [6.07, 6.45) is -0.318. The van der Waals surface area contributed by atoms with E-state index < -0.39 is 11.7 Å². The quantitative estimate of drug-likeness (QED) is 0.616. The third kappa shape index (κ3) is 2.26. The third-order valence-corrected chi connectivity index (χ3v) is 1.97. The van der Waals surface area contributed by atoms with Gasteiger partial charge in [-0.05, 0) is 18.9 Å². The van der Waals surface area contributed by atoms with Crippen LogP contribution in [0, 0.1) is 0 Å². The monoisotopic (exact) mass is 191 g/mol. The Morgan fingerprint density at radius 1 is 1.31 bits per heavy atom. The maximum atomic E-state index is 12.4. The molecule has 0 saturated carbocycles. The molecule has 0 heterocycles. The van der Waals surface area contributed by atoms with Gasteiger partial charge in [-0.1, -0.05) is 6.08 Å². The Kier molecular flexibility index (Phi) is 2.68. The van der Waals surface area contributed by atoms with E-state index in [1.807, 2.05) is 0 Å². The number of alkyl halides is 3. The lowest BCUT2D eigenvalue weighted by Gasteiger charge is -2.23. The summed E-state index contributed by atoms with van der Waals surface area (Å²) in [4.78, 5) is 1.50. The minimum absolute atomic E-state index is 0.0908. The summed E-state index contributed by atoms with van der Waals surface area (Å²) in [5, 5.41) is 0. The van der Waals surface area contributed by atoms with Crippen molar-refractivity contribution < 1.29 is 13.2 Å². The lowest BCUT2D eigenvalue weighted by atomic mass is 10.0. The van der Waals surface area contributed by atoms with E-state index in [1.165, 1.54) is 11.0 Å². The average Bonchev–Trinajstić information content (AvgIpc) is 2.03. The van der Waals surface area contributed by atoms with Crippen LogP contribution in [0.15, 0.2) is 23.4 Å². The Morgan fingerprint density at radius 3 is 2.31 bits per heavy atom. The summed E-state index contributed by atoms with van der Waals surface area (Å²) in [7, 11) is 3.24. The van der Waals surface area contributed by atoms with Crippen LogP contribution in [0.5, 0.6) is 0 Å². The van der Waals surface area contributed by atoms with Crippen molar-refractivity contribution in [3.05, 3.63) is 23.4 Å². The number of allylic oxidation sites excluding steroid dienone is 3. The van der Waals surface area contributed by atoms with E-state index >= 15 is 0 Å². The van der Waals surface area contributed by atoms with Gasteiger partial charge in [0.25, 0.3) is 0 Å². The maximum absolute atomic E-state index is 12.4. The fourth-order valence-electron chi connectivity index (χ4n) is 1.36. The van der Waals surface area contributed by atoms with Crippen molar-refractivity contribution in [3.8, 4) is 0 Å². The van der Waals surface area contributed by atoms with Crippen LogP contribution in [-0.2, 0) is 0 Å². The van der Waals surface area contributed by atoms with Gasteiger partial charge < -0.3 is 4.90 Å². The molecule has 0 fully saturated rings. The summed E-state index contributed by atoms with van der Waals surface area (Å²) in [6, 6.07) is 0. The molecule has 13 heavy (non-hydrogen) atoms. The Hall–Kier alpha value is -0.930. The predicted octanol–water partition coefficient (Wildman–Crippen LogP) is 2.71. The molecular formula is C9H12F3N. The highest BCUT2D eigenvalue weighted by atomic mass is 19.4.